The fraction of sp³-hybridized carbons (Fsp3) is 0.333. The molecule has 5 heteroatoms. The SMILES string of the molecule is NCc1ccc(N2CCN(c3ccccn3)CC2)nc1. The van der Waals surface area contributed by atoms with Crippen molar-refractivity contribution in [1.29, 1.82) is 0 Å². The normalized spacial score (nSPS) is 15.4. The van der Waals surface area contributed by atoms with Crippen LogP contribution in [-0.2, 0) is 6.54 Å². The predicted molar refractivity (Wildman–Crippen MR) is 80.8 cm³/mol. The van der Waals surface area contributed by atoms with Crippen LogP contribution in [0, 0.1) is 0 Å². The van der Waals surface area contributed by atoms with E-state index in [4.69, 9.17) is 5.73 Å². The fourth-order valence-corrected chi connectivity index (χ4v) is 2.43. The highest BCUT2D eigenvalue weighted by Crippen LogP contribution is 2.17. The van der Waals surface area contributed by atoms with Crippen LogP contribution < -0.4 is 15.5 Å². The first-order valence-corrected chi connectivity index (χ1v) is 6.93. The van der Waals surface area contributed by atoms with Crippen molar-refractivity contribution in [3.63, 3.8) is 0 Å². The summed E-state index contributed by atoms with van der Waals surface area (Å²) in [5.74, 6) is 2.08. The van der Waals surface area contributed by atoms with Crippen LogP contribution in [0.4, 0.5) is 11.6 Å². The van der Waals surface area contributed by atoms with Gasteiger partial charge >= 0.3 is 0 Å². The van der Waals surface area contributed by atoms with Crippen LogP contribution in [-0.4, -0.2) is 36.1 Å². The van der Waals surface area contributed by atoms with Crippen molar-refractivity contribution in [2.75, 3.05) is 36.0 Å². The summed E-state index contributed by atoms with van der Waals surface area (Å²) in [5.41, 5.74) is 6.66. The smallest absolute Gasteiger partial charge is 0.128 e. The Morgan fingerprint density at radius 2 is 1.60 bits per heavy atom. The molecule has 0 aromatic carbocycles. The van der Waals surface area contributed by atoms with Gasteiger partial charge in [-0.05, 0) is 23.8 Å². The van der Waals surface area contributed by atoms with Crippen LogP contribution in [0.15, 0.2) is 42.7 Å². The Labute approximate surface area is 119 Å². The molecule has 0 amide bonds. The topological polar surface area (TPSA) is 58.3 Å². The summed E-state index contributed by atoms with van der Waals surface area (Å²) < 4.78 is 0. The zero-order chi connectivity index (χ0) is 13.8. The maximum absolute atomic E-state index is 5.59. The van der Waals surface area contributed by atoms with Crippen molar-refractivity contribution >= 4 is 11.6 Å². The fourth-order valence-electron chi connectivity index (χ4n) is 2.43. The molecule has 0 bridgehead atoms. The molecule has 1 aliphatic heterocycles. The highest BCUT2D eigenvalue weighted by Gasteiger charge is 2.18. The zero-order valence-corrected chi connectivity index (χ0v) is 11.4. The van der Waals surface area contributed by atoms with Gasteiger partial charge in [0.1, 0.15) is 11.6 Å². The first kappa shape index (κ1) is 12.9. The van der Waals surface area contributed by atoms with E-state index in [9.17, 15) is 0 Å². The lowest BCUT2D eigenvalue weighted by Gasteiger charge is -2.36. The first-order chi connectivity index (χ1) is 9.86. The molecule has 0 atom stereocenters. The minimum atomic E-state index is 0.542. The van der Waals surface area contributed by atoms with E-state index in [1.54, 1.807) is 0 Å². The molecule has 1 saturated heterocycles. The molecule has 2 aromatic rings. The van der Waals surface area contributed by atoms with Crippen LogP contribution in [0.2, 0.25) is 0 Å². The Bertz CT molecular complexity index is 532. The van der Waals surface area contributed by atoms with Crippen molar-refractivity contribution in [3.05, 3.63) is 48.3 Å². The predicted octanol–water partition coefficient (Wildman–Crippen LogP) is 1.26. The molecule has 3 heterocycles. The highest BCUT2D eigenvalue weighted by molar-refractivity contribution is 5.44. The number of hydrogen-bond acceptors (Lipinski definition) is 5. The molecule has 104 valence electrons. The van der Waals surface area contributed by atoms with Gasteiger partial charge in [-0.15, -0.1) is 0 Å². The Hall–Kier alpha value is -2.14. The summed E-state index contributed by atoms with van der Waals surface area (Å²) in [5, 5.41) is 0. The van der Waals surface area contributed by atoms with Gasteiger partial charge in [-0.3, -0.25) is 0 Å². The summed E-state index contributed by atoms with van der Waals surface area (Å²) in [4.78, 5) is 13.5. The number of anilines is 2. The Kier molecular flexibility index (Phi) is 3.78. The van der Waals surface area contributed by atoms with Gasteiger partial charge in [-0.25, -0.2) is 9.97 Å². The number of piperazine rings is 1. The van der Waals surface area contributed by atoms with Crippen LogP contribution >= 0.6 is 0 Å². The van der Waals surface area contributed by atoms with Crippen molar-refractivity contribution in [2.45, 2.75) is 6.54 Å². The quantitative estimate of drug-likeness (QED) is 0.909. The van der Waals surface area contributed by atoms with Crippen molar-refractivity contribution in [1.82, 2.24) is 9.97 Å². The molecule has 0 unspecified atom stereocenters. The van der Waals surface area contributed by atoms with E-state index in [-0.39, 0.29) is 0 Å². The number of rotatable bonds is 3. The van der Waals surface area contributed by atoms with Crippen LogP contribution in [0.1, 0.15) is 5.56 Å². The van der Waals surface area contributed by atoms with Gasteiger partial charge < -0.3 is 15.5 Å². The standard InChI is InChI=1S/C15H19N5/c16-11-13-4-5-15(18-12-13)20-9-7-19(8-10-20)14-3-1-2-6-17-14/h1-6,12H,7-11,16H2. The zero-order valence-electron chi connectivity index (χ0n) is 11.4. The second-order valence-electron chi connectivity index (χ2n) is 4.89. The number of hydrogen-bond donors (Lipinski definition) is 1. The van der Waals surface area contributed by atoms with E-state index >= 15 is 0 Å². The van der Waals surface area contributed by atoms with Crippen LogP contribution in [0.3, 0.4) is 0 Å². The Balaban J connectivity index is 1.63. The monoisotopic (exact) mass is 269 g/mol. The molecule has 1 aliphatic rings. The molecule has 0 radical (unpaired) electrons. The minimum Gasteiger partial charge on any atom is -0.353 e. The van der Waals surface area contributed by atoms with E-state index < -0.39 is 0 Å². The van der Waals surface area contributed by atoms with Gasteiger partial charge in [-0.2, -0.15) is 0 Å². The van der Waals surface area contributed by atoms with Gasteiger partial charge in [0.2, 0.25) is 0 Å². The minimum absolute atomic E-state index is 0.542. The van der Waals surface area contributed by atoms with Crippen molar-refractivity contribution < 1.29 is 0 Å². The maximum atomic E-state index is 5.59. The third-order valence-corrected chi connectivity index (χ3v) is 3.62. The third-order valence-electron chi connectivity index (χ3n) is 3.62. The van der Waals surface area contributed by atoms with E-state index in [0.29, 0.717) is 6.54 Å². The lowest BCUT2D eigenvalue weighted by atomic mass is 10.2. The molecule has 20 heavy (non-hydrogen) atoms. The summed E-state index contributed by atoms with van der Waals surface area (Å²) in [7, 11) is 0. The van der Waals surface area contributed by atoms with Gasteiger partial charge in [0, 0.05) is 45.1 Å². The maximum Gasteiger partial charge on any atom is 0.128 e. The molecule has 1 fully saturated rings. The molecule has 2 aromatic heterocycles. The molecule has 2 N–H and O–H groups in total. The number of aromatic nitrogens is 2. The van der Waals surface area contributed by atoms with E-state index in [0.717, 1.165) is 43.4 Å². The molecule has 5 nitrogen and oxygen atoms in total. The van der Waals surface area contributed by atoms with Gasteiger partial charge in [0.05, 0.1) is 0 Å². The van der Waals surface area contributed by atoms with Crippen LogP contribution in [0.25, 0.3) is 0 Å². The molecule has 0 spiro atoms. The van der Waals surface area contributed by atoms with Crippen molar-refractivity contribution in [3.8, 4) is 0 Å². The first-order valence-electron chi connectivity index (χ1n) is 6.93. The van der Waals surface area contributed by atoms with E-state index in [2.05, 4.69) is 31.9 Å². The second kappa shape index (κ2) is 5.88. The summed E-state index contributed by atoms with van der Waals surface area (Å²) in [6.45, 7) is 4.41. The van der Waals surface area contributed by atoms with Crippen molar-refractivity contribution in [2.24, 2.45) is 5.73 Å². The average Bonchev–Trinajstić information content (AvgIpc) is 2.56. The van der Waals surface area contributed by atoms with Gasteiger partial charge in [0.15, 0.2) is 0 Å². The van der Waals surface area contributed by atoms with E-state index in [1.165, 1.54) is 0 Å². The van der Waals surface area contributed by atoms with E-state index in [1.807, 2.05) is 30.6 Å². The molecule has 0 saturated carbocycles. The van der Waals surface area contributed by atoms with Gasteiger partial charge in [0.25, 0.3) is 0 Å². The highest BCUT2D eigenvalue weighted by atomic mass is 15.3. The largest absolute Gasteiger partial charge is 0.353 e. The lowest BCUT2D eigenvalue weighted by molar-refractivity contribution is 0.641. The molecule has 0 aliphatic carbocycles. The summed E-state index contributed by atoms with van der Waals surface area (Å²) in [6, 6.07) is 10.1. The number of nitrogens with two attached hydrogens (primary N) is 1. The van der Waals surface area contributed by atoms with Crippen LogP contribution in [0.5, 0.6) is 0 Å². The summed E-state index contributed by atoms with van der Waals surface area (Å²) >= 11 is 0. The number of nitrogens with zero attached hydrogens (tertiary/aromatic N) is 4. The van der Waals surface area contributed by atoms with Gasteiger partial charge in [-0.1, -0.05) is 12.1 Å². The Morgan fingerprint density at radius 3 is 2.10 bits per heavy atom. The molecule has 3 rings (SSSR count). The average molecular weight is 269 g/mol. The third kappa shape index (κ3) is 2.72. The molecular formula is C15H19N5. The second-order valence-corrected chi connectivity index (χ2v) is 4.89. The summed E-state index contributed by atoms with van der Waals surface area (Å²) in [6.07, 6.45) is 3.70. The lowest BCUT2D eigenvalue weighted by Crippen LogP contribution is -2.47. The molecular weight excluding hydrogens is 250 g/mol. The number of pyridine rings is 2. The Morgan fingerprint density at radius 1 is 0.900 bits per heavy atom.